The normalized spacial score (nSPS) is 17.8. The molecule has 5 rings (SSSR count). The first-order valence-electron chi connectivity index (χ1n) is 14.4. The summed E-state index contributed by atoms with van der Waals surface area (Å²) in [7, 11) is 1.94. The van der Waals surface area contributed by atoms with E-state index < -0.39 is 23.3 Å². The van der Waals surface area contributed by atoms with Gasteiger partial charge in [0.25, 0.3) is 5.91 Å². The first-order chi connectivity index (χ1) is 19.6. The molecule has 0 spiro atoms. The Labute approximate surface area is 246 Å². The third kappa shape index (κ3) is 5.78. The summed E-state index contributed by atoms with van der Waals surface area (Å²) in [5.74, 6) is -0.334. The van der Waals surface area contributed by atoms with Gasteiger partial charge in [0.15, 0.2) is 5.65 Å². The van der Waals surface area contributed by atoms with E-state index in [4.69, 9.17) is 19.4 Å². The summed E-state index contributed by atoms with van der Waals surface area (Å²) in [6, 6.07) is 3.71. The first-order valence-corrected chi connectivity index (χ1v) is 14.4. The van der Waals surface area contributed by atoms with Crippen LogP contribution in [0.5, 0.6) is 0 Å². The molecule has 1 atom stereocenters. The second-order valence-corrected chi connectivity index (χ2v) is 12.9. The van der Waals surface area contributed by atoms with E-state index in [-0.39, 0.29) is 12.5 Å². The fourth-order valence-electron chi connectivity index (χ4n) is 5.69. The van der Waals surface area contributed by atoms with Crippen LogP contribution in [-0.2, 0) is 34.3 Å². The number of amides is 2. The number of carbonyl (C=O) groups is 2. The Bertz CT molecular complexity index is 1560. The molecule has 0 bridgehead atoms. The van der Waals surface area contributed by atoms with E-state index in [9.17, 15) is 14.7 Å². The molecule has 0 unspecified atom stereocenters. The van der Waals surface area contributed by atoms with Gasteiger partial charge in [-0.2, -0.15) is 0 Å². The summed E-state index contributed by atoms with van der Waals surface area (Å²) in [5, 5.41) is 10.5. The fraction of sp³-hybridized carbons (Fsp3) is 0.500. The second-order valence-electron chi connectivity index (χ2n) is 12.9. The number of aromatic nitrogens is 3. The van der Waals surface area contributed by atoms with Gasteiger partial charge in [0.1, 0.15) is 16.7 Å². The van der Waals surface area contributed by atoms with Crippen molar-refractivity contribution in [2.24, 2.45) is 7.05 Å². The molecular weight excluding hydrogens is 534 g/mol. The van der Waals surface area contributed by atoms with E-state index in [2.05, 4.69) is 12.6 Å². The van der Waals surface area contributed by atoms with Crippen molar-refractivity contribution < 1.29 is 24.2 Å². The molecule has 2 aliphatic heterocycles. The van der Waals surface area contributed by atoms with Crippen LogP contribution >= 0.6 is 0 Å². The number of morpholine rings is 1. The maximum atomic E-state index is 13.4. The first kappa shape index (κ1) is 29.7. The maximum absolute atomic E-state index is 13.4. The van der Waals surface area contributed by atoms with Crippen LogP contribution in [-0.4, -0.2) is 78.9 Å². The summed E-state index contributed by atoms with van der Waals surface area (Å²) in [5.41, 5.74) is 5.70. The minimum Gasteiger partial charge on any atom is -0.444 e. The van der Waals surface area contributed by atoms with Gasteiger partial charge in [-0.05, 0) is 82.4 Å². The van der Waals surface area contributed by atoms with Crippen molar-refractivity contribution in [2.75, 3.05) is 26.3 Å². The predicted molar refractivity (Wildman–Crippen MR) is 161 cm³/mol. The lowest BCUT2D eigenvalue weighted by molar-refractivity contribution is -0.148. The predicted octanol–water partition coefficient (Wildman–Crippen LogP) is 4.63. The van der Waals surface area contributed by atoms with Gasteiger partial charge in [-0.25, -0.2) is 14.8 Å². The van der Waals surface area contributed by atoms with Crippen LogP contribution in [0.2, 0.25) is 0 Å². The Balaban J connectivity index is 1.65. The summed E-state index contributed by atoms with van der Waals surface area (Å²) in [4.78, 5) is 39.6. The Kier molecular flexibility index (Phi) is 7.66. The van der Waals surface area contributed by atoms with E-state index in [0.717, 1.165) is 44.6 Å². The van der Waals surface area contributed by atoms with Crippen molar-refractivity contribution >= 4 is 28.7 Å². The molecule has 3 aromatic rings. The third-order valence-electron chi connectivity index (χ3n) is 7.72. The fourth-order valence-corrected chi connectivity index (χ4v) is 5.69. The number of allylic oxidation sites excluding steroid dienone is 1. The number of rotatable bonds is 4. The van der Waals surface area contributed by atoms with Crippen LogP contribution in [0, 0.1) is 0 Å². The zero-order valence-corrected chi connectivity index (χ0v) is 25.7. The summed E-state index contributed by atoms with van der Waals surface area (Å²) in [6.07, 6.45) is 3.94. The highest BCUT2D eigenvalue weighted by Gasteiger charge is 2.37. The number of ether oxygens (including phenoxy) is 2. The molecule has 0 aliphatic carbocycles. The van der Waals surface area contributed by atoms with Crippen LogP contribution in [0.1, 0.15) is 69.8 Å². The molecule has 4 heterocycles. The highest BCUT2D eigenvalue weighted by Crippen LogP contribution is 2.37. The van der Waals surface area contributed by atoms with E-state index in [0.29, 0.717) is 38.4 Å². The topological polar surface area (TPSA) is 110 Å². The van der Waals surface area contributed by atoms with E-state index in [1.165, 1.54) is 13.8 Å². The molecule has 42 heavy (non-hydrogen) atoms. The van der Waals surface area contributed by atoms with Gasteiger partial charge >= 0.3 is 6.09 Å². The van der Waals surface area contributed by atoms with Crippen molar-refractivity contribution in [3.05, 3.63) is 53.4 Å². The van der Waals surface area contributed by atoms with Crippen molar-refractivity contribution in [3.63, 3.8) is 0 Å². The van der Waals surface area contributed by atoms with E-state index in [1.807, 2.05) is 51.6 Å². The molecule has 2 amide bonds. The summed E-state index contributed by atoms with van der Waals surface area (Å²) in [6.45, 7) is 16.5. The molecule has 10 nitrogen and oxygen atoms in total. The van der Waals surface area contributed by atoms with E-state index in [1.54, 1.807) is 16.0 Å². The van der Waals surface area contributed by atoms with Crippen LogP contribution in [0.3, 0.4) is 0 Å². The molecule has 10 heteroatoms. The summed E-state index contributed by atoms with van der Waals surface area (Å²) < 4.78 is 13.6. The van der Waals surface area contributed by atoms with E-state index >= 15 is 0 Å². The largest absolute Gasteiger partial charge is 0.444 e. The minimum absolute atomic E-state index is 0.289. The Morgan fingerprint density at radius 2 is 1.90 bits per heavy atom. The van der Waals surface area contributed by atoms with Gasteiger partial charge in [-0.3, -0.25) is 9.69 Å². The van der Waals surface area contributed by atoms with Gasteiger partial charge in [0.05, 0.1) is 31.1 Å². The lowest BCUT2D eigenvalue weighted by Crippen LogP contribution is -2.48. The third-order valence-corrected chi connectivity index (χ3v) is 7.72. The second kappa shape index (κ2) is 10.8. The van der Waals surface area contributed by atoms with Crippen molar-refractivity contribution in [3.8, 4) is 11.3 Å². The molecule has 2 aliphatic rings. The molecule has 1 N–H and O–H groups in total. The molecular formula is C32H41N5O5. The molecule has 1 fully saturated rings. The Morgan fingerprint density at radius 3 is 2.57 bits per heavy atom. The highest BCUT2D eigenvalue weighted by molar-refractivity contribution is 5.88. The summed E-state index contributed by atoms with van der Waals surface area (Å²) >= 11 is 0. The van der Waals surface area contributed by atoms with Crippen LogP contribution in [0.15, 0.2) is 31.1 Å². The SMILES string of the molecule is C=C(C)c1cn(C)c2ncc(-c3cc4c(c([C@@H]5COCCN5C(=O)OC(C)(C)C)c3)CN(C(=O)C(C)(C)O)CC4)nc12. The zero-order valence-electron chi connectivity index (χ0n) is 25.7. The number of aliphatic hydroxyl groups is 1. The zero-order chi connectivity index (χ0) is 30.6. The molecule has 224 valence electrons. The number of hydrogen-bond acceptors (Lipinski definition) is 7. The van der Waals surface area contributed by atoms with Crippen LogP contribution in [0.25, 0.3) is 28.0 Å². The Hall–Kier alpha value is -3.76. The average molecular weight is 576 g/mol. The van der Waals surface area contributed by atoms with Crippen molar-refractivity contribution in [1.29, 1.82) is 0 Å². The average Bonchev–Trinajstić information content (AvgIpc) is 3.26. The smallest absolute Gasteiger partial charge is 0.410 e. The lowest BCUT2D eigenvalue weighted by atomic mass is 9.87. The maximum Gasteiger partial charge on any atom is 0.410 e. The number of benzene rings is 1. The van der Waals surface area contributed by atoms with Gasteiger partial charge < -0.3 is 24.0 Å². The molecule has 1 saturated heterocycles. The highest BCUT2D eigenvalue weighted by atomic mass is 16.6. The van der Waals surface area contributed by atoms with Gasteiger partial charge in [0.2, 0.25) is 0 Å². The molecule has 1 aromatic carbocycles. The van der Waals surface area contributed by atoms with Gasteiger partial charge in [-0.1, -0.05) is 6.58 Å². The number of fused-ring (bicyclic) bond motifs is 2. The number of hydrogen-bond donors (Lipinski definition) is 1. The minimum atomic E-state index is -1.49. The van der Waals surface area contributed by atoms with Gasteiger partial charge in [0, 0.05) is 44.0 Å². The number of aryl methyl sites for hydroxylation is 1. The van der Waals surface area contributed by atoms with Crippen LogP contribution < -0.4 is 0 Å². The monoisotopic (exact) mass is 575 g/mol. The quantitative estimate of drug-likeness (QED) is 0.483. The lowest BCUT2D eigenvalue weighted by Gasteiger charge is -2.40. The van der Waals surface area contributed by atoms with Crippen LogP contribution in [0.4, 0.5) is 4.79 Å². The molecule has 0 radical (unpaired) electrons. The molecule has 0 saturated carbocycles. The van der Waals surface area contributed by atoms with Crippen molar-refractivity contribution in [1.82, 2.24) is 24.3 Å². The van der Waals surface area contributed by atoms with Crippen molar-refractivity contribution in [2.45, 2.75) is 71.8 Å². The number of nitrogens with zero attached hydrogens (tertiary/aromatic N) is 5. The standard InChI is InChI=1S/C32H41N5O5/c1-19(2)23-16-35(8)28-27(23)34-25(15-33-28)21-13-20-9-10-36(29(38)32(6,7)40)17-24(20)22(14-21)26-18-41-12-11-37(26)30(39)42-31(3,4)5/h13-16,26,40H,1,9-12,17-18H2,2-8H3/t26-/m0/s1. The Morgan fingerprint density at radius 1 is 1.17 bits per heavy atom. The van der Waals surface area contributed by atoms with Gasteiger partial charge in [-0.15, -0.1) is 0 Å². The molecule has 2 aromatic heterocycles. The number of carbonyl (C=O) groups excluding carboxylic acids is 2.